The van der Waals surface area contributed by atoms with Gasteiger partial charge in [-0.05, 0) is 56.7 Å². The fourth-order valence-corrected chi connectivity index (χ4v) is 4.48. The van der Waals surface area contributed by atoms with Crippen LogP contribution in [-0.2, 0) is 4.74 Å². The number of ether oxygens (including phenoxy) is 1. The smallest absolute Gasteiger partial charge is 0.232 e. The molecule has 0 spiro atoms. The summed E-state index contributed by atoms with van der Waals surface area (Å²) in [6.07, 6.45) is 7.44. The minimum absolute atomic E-state index is 0.252. The molecule has 4 heterocycles. The predicted molar refractivity (Wildman–Crippen MR) is 117 cm³/mol. The van der Waals surface area contributed by atoms with Crippen LogP contribution in [0.2, 0.25) is 0 Å². The Bertz CT molecular complexity index is 675. The first-order valence-corrected chi connectivity index (χ1v) is 11.1. The van der Waals surface area contributed by atoms with Crippen LogP contribution in [-0.4, -0.2) is 60.5 Å². The largest absolute Gasteiger partial charge is 0.376 e. The lowest BCUT2D eigenvalue weighted by Crippen LogP contribution is -2.37. The first-order chi connectivity index (χ1) is 13.7. The molecule has 8 heteroatoms. The highest BCUT2D eigenvalue weighted by atomic mass is 32.1. The number of nitrogens with zero attached hydrogens (tertiary/aromatic N) is 4. The molecular weight excluding hydrogens is 372 g/mol. The van der Waals surface area contributed by atoms with Crippen molar-refractivity contribution in [1.82, 2.24) is 15.3 Å². The van der Waals surface area contributed by atoms with Crippen molar-refractivity contribution in [3.05, 3.63) is 6.07 Å². The molecule has 0 aromatic carbocycles. The molecule has 28 heavy (non-hydrogen) atoms. The van der Waals surface area contributed by atoms with Crippen molar-refractivity contribution in [3.63, 3.8) is 0 Å². The van der Waals surface area contributed by atoms with Gasteiger partial charge in [0.25, 0.3) is 0 Å². The van der Waals surface area contributed by atoms with Gasteiger partial charge in [0.05, 0.1) is 6.10 Å². The summed E-state index contributed by atoms with van der Waals surface area (Å²) < 4.78 is 5.65. The van der Waals surface area contributed by atoms with Gasteiger partial charge in [-0.2, -0.15) is 9.97 Å². The van der Waals surface area contributed by atoms with Gasteiger partial charge in [0.2, 0.25) is 5.95 Å². The lowest BCUT2D eigenvalue weighted by atomic mass is 10.0. The van der Waals surface area contributed by atoms with E-state index in [-0.39, 0.29) is 6.10 Å². The summed E-state index contributed by atoms with van der Waals surface area (Å²) in [4.78, 5) is 14.3. The predicted octanol–water partition coefficient (Wildman–Crippen LogP) is 2.78. The standard InChI is InChI=1S/C20H32N6OS/c1-15-6-4-10-26(14-15)18-12-17(25-8-2-3-9-25)22-19(23-18)24-20(28)21-13-16-7-5-11-27-16/h12,15-16H,2-11,13-14H2,1H3,(H2,21,22,23,24,28). The Morgan fingerprint density at radius 1 is 1.11 bits per heavy atom. The molecule has 2 unspecified atom stereocenters. The molecule has 1 aromatic heterocycles. The van der Waals surface area contributed by atoms with Crippen LogP contribution in [0.4, 0.5) is 17.6 Å². The third-order valence-corrected chi connectivity index (χ3v) is 6.10. The Balaban J connectivity index is 1.47. The molecule has 0 bridgehead atoms. The SMILES string of the molecule is CC1CCCN(c2cc(N3CCCC3)nc(NC(=S)NCC3CCCO3)n2)C1. The molecule has 3 aliphatic rings. The van der Waals surface area contributed by atoms with E-state index in [2.05, 4.69) is 33.4 Å². The summed E-state index contributed by atoms with van der Waals surface area (Å²) in [5, 5.41) is 7.03. The molecule has 154 valence electrons. The van der Waals surface area contributed by atoms with Crippen molar-refractivity contribution in [2.45, 2.75) is 51.6 Å². The fraction of sp³-hybridized carbons (Fsp3) is 0.750. The average Bonchev–Trinajstić information content (AvgIpc) is 3.40. The Labute approximate surface area is 173 Å². The molecule has 3 fully saturated rings. The summed E-state index contributed by atoms with van der Waals surface area (Å²) in [6, 6.07) is 2.15. The lowest BCUT2D eigenvalue weighted by Gasteiger charge is -2.32. The molecule has 3 aliphatic heterocycles. The lowest BCUT2D eigenvalue weighted by molar-refractivity contribution is 0.114. The monoisotopic (exact) mass is 404 g/mol. The second-order valence-corrected chi connectivity index (χ2v) is 8.67. The molecule has 0 amide bonds. The zero-order valence-corrected chi connectivity index (χ0v) is 17.6. The molecule has 0 radical (unpaired) electrons. The van der Waals surface area contributed by atoms with E-state index in [9.17, 15) is 0 Å². The molecule has 7 nitrogen and oxygen atoms in total. The van der Waals surface area contributed by atoms with Crippen LogP contribution in [0.1, 0.15) is 45.4 Å². The quantitative estimate of drug-likeness (QED) is 0.727. The first-order valence-electron chi connectivity index (χ1n) is 10.7. The Hall–Kier alpha value is -1.67. The van der Waals surface area contributed by atoms with Gasteiger partial charge in [0.1, 0.15) is 11.6 Å². The van der Waals surface area contributed by atoms with Gasteiger partial charge in [0, 0.05) is 45.4 Å². The highest BCUT2D eigenvalue weighted by molar-refractivity contribution is 7.80. The molecule has 1 aromatic rings. The molecule has 0 saturated carbocycles. The molecule has 2 N–H and O–H groups in total. The number of rotatable bonds is 5. The van der Waals surface area contributed by atoms with E-state index in [0.29, 0.717) is 17.0 Å². The van der Waals surface area contributed by atoms with Gasteiger partial charge in [-0.3, -0.25) is 0 Å². The van der Waals surface area contributed by atoms with E-state index in [0.717, 1.165) is 63.8 Å². The summed E-state index contributed by atoms with van der Waals surface area (Å²) in [7, 11) is 0. The van der Waals surface area contributed by atoms with Gasteiger partial charge in [-0.25, -0.2) is 0 Å². The van der Waals surface area contributed by atoms with Crippen LogP contribution >= 0.6 is 12.2 Å². The second kappa shape index (κ2) is 9.22. The molecule has 2 atom stereocenters. The van der Waals surface area contributed by atoms with E-state index in [4.69, 9.17) is 26.9 Å². The Kier molecular flexibility index (Phi) is 6.47. The van der Waals surface area contributed by atoms with E-state index in [1.807, 2.05) is 0 Å². The van der Waals surface area contributed by atoms with E-state index >= 15 is 0 Å². The number of anilines is 3. The number of hydrogen-bond donors (Lipinski definition) is 2. The summed E-state index contributed by atoms with van der Waals surface area (Å²) >= 11 is 5.48. The molecule has 4 rings (SSSR count). The highest BCUT2D eigenvalue weighted by Crippen LogP contribution is 2.27. The normalized spacial score (nSPS) is 25.2. The van der Waals surface area contributed by atoms with Crippen molar-refractivity contribution in [2.75, 3.05) is 54.4 Å². The van der Waals surface area contributed by atoms with Crippen molar-refractivity contribution in [3.8, 4) is 0 Å². The number of nitrogens with one attached hydrogen (secondary N) is 2. The number of aromatic nitrogens is 2. The van der Waals surface area contributed by atoms with Crippen molar-refractivity contribution in [2.24, 2.45) is 5.92 Å². The Morgan fingerprint density at radius 2 is 1.86 bits per heavy atom. The van der Waals surface area contributed by atoms with Crippen LogP contribution in [0, 0.1) is 5.92 Å². The van der Waals surface area contributed by atoms with Gasteiger partial charge in [-0.15, -0.1) is 0 Å². The van der Waals surface area contributed by atoms with Crippen molar-refractivity contribution in [1.29, 1.82) is 0 Å². The van der Waals surface area contributed by atoms with Crippen LogP contribution in [0.5, 0.6) is 0 Å². The third-order valence-electron chi connectivity index (χ3n) is 5.85. The number of thiocarbonyl (C=S) groups is 1. The molecular formula is C20H32N6OS. The number of hydrogen-bond acceptors (Lipinski definition) is 6. The number of piperidine rings is 1. The molecule has 3 saturated heterocycles. The maximum Gasteiger partial charge on any atom is 0.232 e. The zero-order valence-electron chi connectivity index (χ0n) is 16.8. The van der Waals surface area contributed by atoms with Crippen LogP contribution < -0.4 is 20.4 Å². The van der Waals surface area contributed by atoms with E-state index < -0.39 is 0 Å². The topological polar surface area (TPSA) is 65.5 Å². The maximum absolute atomic E-state index is 5.65. The second-order valence-electron chi connectivity index (χ2n) is 8.27. The minimum Gasteiger partial charge on any atom is -0.376 e. The van der Waals surface area contributed by atoms with Crippen molar-refractivity contribution >= 4 is 34.9 Å². The molecule has 0 aliphatic carbocycles. The zero-order chi connectivity index (χ0) is 19.3. The minimum atomic E-state index is 0.252. The first kappa shape index (κ1) is 19.6. The van der Waals surface area contributed by atoms with Crippen molar-refractivity contribution < 1.29 is 4.74 Å². The fourth-order valence-electron chi connectivity index (χ4n) is 4.30. The van der Waals surface area contributed by atoms with Crippen LogP contribution in [0.3, 0.4) is 0 Å². The summed E-state index contributed by atoms with van der Waals surface area (Å²) in [5.41, 5.74) is 0. The van der Waals surface area contributed by atoms with E-state index in [1.54, 1.807) is 0 Å². The van der Waals surface area contributed by atoms with Crippen LogP contribution in [0.15, 0.2) is 6.07 Å². The maximum atomic E-state index is 5.65. The summed E-state index contributed by atoms with van der Waals surface area (Å²) in [5.74, 6) is 3.30. The van der Waals surface area contributed by atoms with Gasteiger partial charge >= 0.3 is 0 Å². The average molecular weight is 405 g/mol. The third kappa shape index (κ3) is 5.03. The van der Waals surface area contributed by atoms with E-state index in [1.165, 1.54) is 25.7 Å². The van der Waals surface area contributed by atoms with Crippen LogP contribution in [0.25, 0.3) is 0 Å². The van der Waals surface area contributed by atoms with Gasteiger partial charge in [0.15, 0.2) is 5.11 Å². The highest BCUT2D eigenvalue weighted by Gasteiger charge is 2.22. The summed E-state index contributed by atoms with van der Waals surface area (Å²) in [6.45, 7) is 8.14. The van der Waals surface area contributed by atoms with Gasteiger partial charge in [-0.1, -0.05) is 6.92 Å². The Morgan fingerprint density at radius 3 is 2.57 bits per heavy atom. The van der Waals surface area contributed by atoms with Gasteiger partial charge < -0.3 is 25.2 Å².